The molecule has 0 saturated carbocycles. The number of rotatable bonds is 3. The summed E-state index contributed by atoms with van der Waals surface area (Å²) < 4.78 is 36.6. The lowest BCUT2D eigenvalue weighted by atomic mass is 10.2. The van der Waals surface area contributed by atoms with Crippen molar-refractivity contribution in [2.24, 2.45) is 0 Å². The molecule has 1 aromatic heterocycles. The molecule has 0 unspecified atom stereocenters. The van der Waals surface area contributed by atoms with Crippen molar-refractivity contribution in [2.45, 2.75) is 12.6 Å². The first-order chi connectivity index (χ1) is 7.95. The SMILES string of the molecule is C#CCCNC(=O)c1ccc(C(F)(F)F)cn1. The molecule has 1 rings (SSSR count). The molecule has 90 valence electrons. The van der Waals surface area contributed by atoms with Crippen LogP contribution >= 0.6 is 0 Å². The number of amides is 1. The van der Waals surface area contributed by atoms with Gasteiger partial charge in [-0.1, -0.05) is 0 Å². The highest BCUT2D eigenvalue weighted by Gasteiger charge is 2.30. The summed E-state index contributed by atoms with van der Waals surface area (Å²) >= 11 is 0. The number of pyridine rings is 1. The number of hydrogen-bond donors (Lipinski definition) is 1. The summed E-state index contributed by atoms with van der Waals surface area (Å²) in [6.45, 7) is 0.262. The van der Waals surface area contributed by atoms with Gasteiger partial charge < -0.3 is 5.32 Å². The predicted molar refractivity (Wildman–Crippen MR) is 55.0 cm³/mol. The van der Waals surface area contributed by atoms with Crippen LogP contribution in [-0.4, -0.2) is 17.4 Å². The quantitative estimate of drug-likeness (QED) is 0.649. The van der Waals surface area contributed by atoms with Gasteiger partial charge in [-0.2, -0.15) is 13.2 Å². The summed E-state index contributed by atoms with van der Waals surface area (Å²) in [5, 5.41) is 2.43. The van der Waals surface area contributed by atoms with Gasteiger partial charge in [0.05, 0.1) is 5.56 Å². The van der Waals surface area contributed by atoms with Crippen molar-refractivity contribution in [2.75, 3.05) is 6.54 Å². The van der Waals surface area contributed by atoms with Gasteiger partial charge in [0, 0.05) is 19.2 Å². The van der Waals surface area contributed by atoms with E-state index in [1.54, 1.807) is 0 Å². The Kier molecular flexibility index (Phi) is 4.10. The normalized spacial score (nSPS) is 10.7. The summed E-state index contributed by atoms with van der Waals surface area (Å²) in [6.07, 6.45) is 1.50. The van der Waals surface area contributed by atoms with Gasteiger partial charge >= 0.3 is 6.18 Å². The minimum atomic E-state index is -4.45. The minimum absolute atomic E-state index is 0.0741. The molecule has 0 spiro atoms. The smallest absolute Gasteiger partial charge is 0.350 e. The number of carbonyl (C=O) groups excluding carboxylic acids is 1. The molecule has 17 heavy (non-hydrogen) atoms. The van der Waals surface area contributed by atoms with E-state index in [0.717, 1.165) is 12.1 Å². The molecule has 1 amide bonds. The molecule has 0 aromatic carbocycles. The Morgan fingerprint density at radius 2 is 2.18 bits per heavy atom. The van der Waals surface area contributed by atoms with E-state index in [-0.39, 0.29) is 12.2 Å². The highest BCUT2D eigenvalue weighted by Crippen LogP contribution is 2.28. The molecule has 0 aliphatic heterocycles. The zero-order valence-electron chi connectivity index (χ0n) is 8.71. The van der Waals surface area contributed by atoms with Crippen LogP contribution in [0, 0.1) is 12.3 Å². The fourth-order valence-corrected chi connectivity index (χ4v) is 1.03. The van der Waals surface area contributed by atoms with Gasteiger partial charge in [-0.15, -0.1) is 12.3 Å². The summed E-state index contributed by atoms with van der Waals surface area (Å²) in [5.41, 5.74) is -0.965. The van der Waals surface area contributed by atoms with Crippen LogP contribution < -0.4 is 5.32 Å². The predicted octanol–water partition coefficient (Wildman–Crippen LogP) is 1.85. The Bertz CT molecular complexity index is 432. The molecule has 0 fully saturated rings. The molecule has 3 nitrogen and oxygen atoms in total. The number of nitrogens with one attached hydrogen (secondary N) is 1. The number of carbonyl (C=O) groups is 1. The summed E-state index contributed by atoms with van der Waals surface area (Å²) in [7, 11) is 0. The maximum absolute atomic E-state index is 12.2. The second-order valence-electron chi connectivity index (χ2n) is 3.14. The molecular weight excluding hydrogens is 233 g/mol. The standard InChI is InChI=1S/C11H9F3N2O/c1-2-3-6-15-10(17)9-5-4-8(7-16-9)11(12,13)14/h1,4-5,7H,3,6H2,(H,15,17). The lowest BCUT2D eigenvalue weighted by Gasteiger charge is -2.06. The van der Waals surface area contributed by atoms with E-state index in [1.807, 2.05) is 0 Å². The molecule has 1 aromatic rings. The minimum Gasteiger partial charge on any atom is -0.350 e. The van der Waals surface area contributed by atoms with Gasteiger partial charge in [0.2, 0.25) is 0 Å². The largest absolute Gasteiger partial charge is 0.417 e. The topological polar surface area (TPSA) is 42.0 Å². The third-order valence-corrected chi connectivity index (χ3v) is 1.88. The van der Waals surface area contributed by atoms with Crippen LogP contribution in [0.25, 0.3) is 0 Å². The first-order valence-electron chi connectivity index (χ1n) is 4.70. The Morgan fingerprint density at radius 3 is 2.65 bits per heavy atom. The van der Waals surface area contributed by atoms with Crippen LogP contribution in [0.2, 0.25) is 0 Å². The average Bonchev–Trinajstić information content (AvgIpc) is 2.28. The Balaban J connectivity index is 2.68. The average molecular weight is 242 g/mol. The molecule has 0 bridgehead atoms. The first-order valence-corrected chi connectivity index (χ1v) is 4.70. The molecule has 1 heterocycles. The Hall–Kier alpha value is -2.03. The van der Waals surface area contributed by atoms with Gasteiger partial charge in [-0.05, 0) is 12.1 Å². The van der Waals surface area contributed by atoms with Crippen molar-refractivity contribution in [3.8, 4) is 12.3 Å². The van der Waals surface area contributed by atoms with E-state index in [1.165, 1.54) is 0 Å². The van der Waals surface area contributed by atoms with Crippen molar-refractivity contribution >= 4 is 5.91 Å². The zero-order chi connectivity index (χ0) is 12.9. The van der Waals surface area contributed by atoms with Crippen LogP contribution in [0.3, 0.4) is 0 Å². The van der Waals surface area contributed by atoms with Gasteiger partial charge in [0.1, 0.15) is 5.69 Å². The maximum atomic E-state index is 12.2. The lowest BCUT2D eigenvalue weighted by Crippen LogP contribution is -2.25. The summed E-state index contributed by atoms with van der Waals surface area (Å²) in [4.78, 5) is 14.8. The van der Waals surface area contributed by atoms with Crippen molar-refractivity contribution < 1.29 is 18.0 Å². The fourth-order valence-electron chi connectivity index (χ4n) is 1.03. The first kappa shape index (κ1) is 13.0. The van der Waals surface area contributed by atoms with Crippen LogP contribution in [0.4, 0.5) is 13.2 Å². The summed E-state index contributed by atoms with van der Waals surface area (Å²) in [5.74, 6) is 1.77. The highest BCUT2D eigenvalue weighted by atomic mass is 19.4. The number of hydrogen-bond acceptors (Lipinski definition) is 2. The highest BCUT2D eigenvalue weighted by molar-refractivity contribution is 5.92. The maximum Gasteiger partial charge on any atom is 0.417 e. The number of aromatic nitrogens is 1. The van der Waals surface area contributed by atoms with E-state index in [2.05, 4.69) is 16.2 Å². The third kappa shape index (κ3) is 3.79. The van der Waals surface area contributed by atoms with E-state index >= 15 is 0 Å². The van der Waals surface area contributed by atoms with Crippen LogP contribution in [-0.2, 0) is 6.18 Å². The Labute approximate surface area is 96.0 Å². The number of alkyl halides is 3. The van der Waals surface area contributed by atoms with Crippen molar-refractivity contribution in [1.82, 2.24) is 10.3 Å². The van der Waals surface area contributed by atoms with Gasteiger partial charge in [-0.25, -0.2) is 0 Å². The van der Waals surface area contributed by atoms with Crippen LogP contribution in [0.15, 0.2) is 18.3 Å². The fraction of sp³-hybridized carbons (Fsp3) is 0.273. The van der Waals surface area contributed by atoms with Gasteiger partial charge in [-0.3, -0.25) is 9.78 Å². The van der Waals surface area contributed by atoms with Gasteiger partial charge in [0.15, 0.2) is 0 Å². The van der Waals surface area contributed by atoms with E-state index in [0.29, 0.717) is 12.6 Å². The monoisotopic (exact) mass is 242 g/mol. The van der Waals surface area contributed by atoms with Crippen molar-refractivity contribution in [3.05, 3.63) is 29.6 Å². The molecular formula is C11H9F3N2O. The van der Waals surface area contributed by atoms with Crippen LogP contribution in [0.5, 0.6) is 0 Å². The van der Waals surface area contributed by atoms with E-state index in [9.17, 15) is 18.0 Å². The summed E-state index contributed by atoms with van der Waals surface area (Å²) in [6, 6.07) is 1.83. The van der Waals surface area contributed by atoms with Crippen molar-refractivity contribution in [1.29, 1.82) is 0 Å². The van der Waals surface area contributed by atoms with Gasteiger partial charge in [0.25, 0.3) is 5.91 Å². The lowest BCUT2D eigenvalue weighted by molar-refractivity contribution is -0.137. The Morgan fingerprint density at radius 1 is 1.47 bits per heavy atom. The molecule has 0 aliphatic rings. The van der Waals surface area contributed by atoms with E-state index < -0.39 is 17.6 Å². The van der Waals surface area contributed by atoms with Crippen LogP contribution in [0.1, 0.15) is 22.5 Å². The molecule has 6 heteroatoms. The molecule has 0 saturated heterocycles. The number of halogens is 3. The molecule has 1 N–H and O–H groups in total. The third-order valence-electron chi connectivity index (χ3n) is 1.88. The molecule has 0 radical (unpaired) electrons. The zero-order valence-corrected chi connectivity index (χ0v) is 8.71. The molecule has 0 atom stereocenters. The number of terminal acetylenes is 1. The van der Waals surface area contributed by atoms with E-state index in [4.69, 9.17) is 6.42 Å². The molecule has 0 aliphatic carbocycles. The second kappa shape index (κ2) is 5.34. The number of nitrogens with zero attached hydrogens (tertiary/aromatic N) is 1. The van der Waals surface area contributed by atoms with Crippen molar-refractivity contribution in [3.63, 3.8) is 0 Å². The second-order valence-corrected chi connectivity index (χ2v) is 3.14.